The number of H-pyrrole nitrogens is 1. The third-order valence-corrected chi connectivity index (χ3v) is 2.38. The van der Waals surface area contributed by atoms with Crippen molar-refractivity contribution in [3.05, 3.63) is 18.2 Å². The number of imidazole rings is 1. The quantitative estimate of drug-likeness (QED) is 0.544. The molecule has 0 aliphatic carbocycles. The molecule has 0 bridgehead atoms. The van der Waals surface area contributed by atoms with E-state index in [1.54, 1.807) is 6.92 Å². The van der Waals surface area contributed by atoms with E-state index in [-0.39, 0.29) is 12.5 Å². The Morgan fingerprint density at radius 3 is 2.79 bits per heavy atom. The Hall–Kier alpha value is -2.09. The van der Waals surface area contributed by atoms with Gasteiger partial charge in [-0.2, -0.15) is 0 Å². The molecule has 0 aliphatic rings. The van der Waals surface area contributed by atoms with Gasteiger partial charge in [0.1, 0.15) is 6.04 Å². The molecule has 4 N–H and O–H groups in total. The van der Waals surface area contributed by atoms with Gasteiger partial charge in [0.05, 0.1) is 19.0 Å². The predicted octanol–water partition coefficient (Wildman–Crippen LogP) is -0.260. The van der Waals surface area contributed by atoms with Gasteiger partial charge < -0.3 is 25.5 Å². The third kappa shape index (κ3) is 5.38. The second-order valence-corrected chi connectivity index (χ2v) is 4.15. The molecule has 0 radical (unpaired) electrons. The number of aliphatic carboxylic acids is 1. The molecule has 0 aliphatic heterocycles. The van der Waals surface area contributed by atoms with E-state index in [4.69, 9.17) is 9.84 Å². The Morgan fingerprint density at radius 1 is 1.53 bits per heavy atom. The van der Waals surface area contributed by atoms with Crippen molar-refractivity contribution in [3.8, 4) is 0 Å². The zero-order valence-electron chi connectivity index (χ0n) is 10.8. The van der Waals surface area contributed by atoms with Gasteiger partial charge in [0, 0.05) is 25.4 Å². The maximum absolute atomic E-state index is 11.6. The summed E-state index contributed by atoms with van der Waals surface area (Å²) in [4.78, 5) is 29.3. The number of hydrogen-bond donors (Lipinski definition) is 4. The minimum atomic E-state index is -1.11. The molecule has 2 amide bonds. The molecular formula is C11H18N4O4. The van der Waals surface area contributed by atoms with Crippen molar-refractivity contribution in [2.45, 2.75) is 25.4 Å². The molecular weight excluding hydrogens is 252 g/mol. The van der Waals surface area contributed by atoms with Crippen LogP contribution in [-0.2, 0) is 16.0 Å². The van der Waals surface area contributed by atoms with E-state index in [9.17, 15) is 9.59 Å². The molecule has 2 atom stereocenters. The first kappa shape index (κ1) is 15.0. The Labute approximate surface area is 110 Å². The van der Waals surface area contributed by atoms with Crippen LogP contribution in [0.25, 0.3) is 0 Å². The molecule has 1 heterocycles. The SMILES string of the molecule is COCC(C)NC(=O)N[C@H](Cc1cnc[nH]1)C(=O)O. The average Bonchev–Trinajstić information content (AvgIpc) is 2.80. The number of carboxylic acid groups (broad SMARTS) is 1. The lowest BCUT2D eigenvalue weighted by molar-refractivity contribution is -0.139. The summed E-state index contributed by atoms with van der Waals surface area (Å²) in [6.07, 6.45) is 3.11. The first-order chi connectivity index (χ1) is 9.02. The van der Waals surface area contributed by atoms with Crippen molar-refractivity contribution in [1.82, 2.24) is 20.6 Å². The summed E-state index contributed by atoms with van der Waals surface area (Å²) >= 11 is 0. The minimum Gasteiger partial charge on any atom is -0.480 e. The number of amides is 2. The summed E-state index contributed by atoms with van der Waals surface area (Å²) in [5.41, 5.74) is 0.637. The van der Waals surface area contributed by atoms with Crippen LogP contribution in [0.15, 0.2) is 12.5 Å². The van der Waals surface area contributed by atoms with E-state index in [0.717, 1.165) is 0 Å². The van der Waals surface area contributed by atoms with E-state index >= 15 is 0 Å². The van der Waals surface area contributed by atoms with E-state index in [1.165, 1.54) is 19.6 Å². The van der Waals surface area contributed by atoms with Crippen LogP contribution in [0.4, 0.5) is 4.79 Å². The first-order valence-corrected chi connectivity index (χ1v) is 5.79. The fraction of sp³-hybridized carbons (Fsp3) is 0.545. The van der Waals surface area contributed by atoms with Crippen LogP contribution >= 0.6 is 0 Å². The number of carbonyl (C=O) groups excluding carboxylic acids is 1. The maximum atomic E-state index is 11.6. The largest absolute Gasteiger partial charge is 0.480 e. The van der Waals surface area contributed by atoms with Crippen LogP contribution in [0.1, 0.15) is 12.6 Å². The van der Waals surface area contributed by atoms with Crippen LogP contribution in [-0.4, -0.2) is 52.9 Å². The van der Waals surface area contributed by atoms with Crippen molar-refractivity contribution in [2.24, 2.45) is 0 Å². The molecule has 1 unspecified atom stereocenters. The highest BCUT2D eigenvalue weighted by atomic mass is 16.5. The summed E-state index contributed by atoms with van der Waals surface area (Å²) in [7, 11) is 1.52. The van der Waals surface area contributed by atoms with Gasteiger partial charge in [-0.15, -0.1) is 0 Å². The van der Waals surface area contributed by atoms with Gasteiger partial charge >= 0.3 is 12.0 Å². The monoisotopic (exact) mass is 270 g/mol. The Bertz CT molecular complexity index is 407. The average molecular weight is 270 g/mol. The normalized spacial score (nSPS) is 13.6. The summed E-state index contributed by atoms with van der Waals surface area (Å²) in [5, 5.41) is 14.0. The van der Waals surface area contributed by atoms with E-state index in [1.807, 2.05) is 0 Å². The lowest BCUT2D eigenvalue weighted by atomic mass is 10.1. The number of ether oxygens (including phenoxy) is 1. The molecule has 0 aromatic carbocycles. The third-order valence-electron chi connectivity index (χ3n) is 2.38. The zero-order chi connectivity index (χ0) is 14.3. The van der Waals surface area contributed by atoms with E-state index < -0.39 is 18.0 Å². The van der Waals surface area contributed by atoms with Gasteiger partial charge in [0.2, 0.25) is 0 Å². The molecule has 1 aromatic rings. The number of carbonyl (C=O) groups is 2. The second-order valence-electron chi connectivity index (χ2n) is 4.15. The van der Waals surface area contributed by atoms with Crippen molar-refractivity contribution in [1.29, 1.82) is 0 Å². The summed E-state index contributed by atoms with van der Waals surface area (Å²) in [6, 6.07) is -1.77. The number of aromatic amines is 1. The molecule has 1 rings (SSSR count). The van der Waals surface area contributed by atoms with Gasteiger partial charge in [0.25, 0.3) is 0 Å². The molecule has 8 nitrogen and oxygen atoms in total. The van der Waals surface area contributed by atoms with Crippen LogP contribution in [0.2, 0.25) is 0 Å². The summed E-state index contributed by atoms with van der Waals surface area (Å²) in [6.45, 7) is 2.11. The molecule has 0 saturated carbocycles. The number of hydrogen-bond acceptors (Lipinski definition) is 4. The highest BCUT2D eigenvalue weighted by Gasteiger charge is 2.21. The van der Waals surface area contributed by atoms with Crippen molar-refractivity contribution >= 4 is 12.0 Å². The van der Waals surface area contributed by atoms with Gasteiger partial charge in [-0.1, -0.05) is 0 Å². The number of nitrogens with one attached hydrogen (secondary N) is 3. The van der Waals surface area contributed by atoms with Gasteiger partial charge in [-0.25, -0.2) is 14.6 Å². The predicted molar refractivity (Wildman–Crippen MR) is 66.7 cm³/mol. The molecule has 0 spiro atoms. The van der Waals surface area contributed by atoms with Gasteiger partial charge in [-0.3, -0.25) is 0 Å². The number of carboxylic acids is 1. The topological polar surface area (TPSA) is 116 Å². The van der Waals surface area contributed by atoms with Gasteiger partial charge in [0.15, 0.2) is 0 Å². The molecule has 1 aromatic heterocycles. The van der Waals surface area contributed by atoms with Crippen LogP contribution < -0.4 is 10.6 Å². The lowest BCUT2D eigenvalue weighted by Gasteiger charge is -2.17. The Kier molecular flexibility index (Phi) is 5.80. The number of nitrogens with zero attached hydrogens (tertiary/aromatic N) is 1. The highest BCUT2D eigenvalue weighted by Crippen LogP contribution is 1.99. The molecule has 19 heavy (non-hydrogen) atoms. The lowest BCUT2D eigenvalue weighted by Crippen LogP contribution is -2.50. The molecule has 106 valence electrons. The maximum Gasteiger partial charge on any atom is 0.326 e. The highest BCUT2D eigenvalue weighted by molar-refractivity contribution is 5.82. The number of methoxy groups -OCH3 is 1. The van der Waals surface area contributed by atoms with E-state index in [0.29, 0.717) is 12.3 Å². The van der Waals surface area contributed by atoms with Crippen molar-refractivity contribution < 1.29 is 19.4 Å². The molecule has 8 heteroatoms. The minimum absolute atomic E-state index is 0.140. The standard InChI is InChI=1S/C11H18N4O4/c1-7(5-19-2)14-11(18)15-9(10(16)17)3-8-4-12-6-13-8/h4,6-7,9H,3,5H2,1-2H3,(H,12,13)(H,16,17)(H2,14,15,18)/t7?,9-/m1/s1. The summed E-state index contributed by atoms with van der Waals surface area (Å²) in [5.74, 6) is -1.11. The first-order valence-electron chi connectivity index (χ1n) is 5.79. The second kappa shape index (κ2) is 7.37. The van der Waals surface area contributed by atoms with Crippen molar-refractivity contribution in [2.75, 3.05) is 13.7 Å². The molecule has 0 saturated heterocycles. The fourth-order valence-electron chi connectivity index (χ4n) is 1.53. The van der Waals surface area contributed by atoms with Crippen LogP contribution in [0.3, 0.4) is 0 Å². The Balaban J connectivity index is 2.49. The fourth-order valence-corrected chi connectivity index (χ4v) is 1.53. The zero-order valence-corrected chi connectivity index (χ0v) is 10.8. The number of rotatable bonds is 7. The number of urea groups is 1. The Morgan fingerprint density at radius 2 is 2.26 bits per heavy atom. The van der Waals surface area contributed by atoms with E-state index in [2.05, 4.69) is 20.6 Å². The molecule has 0 fully saturated rings. The van der Waals surface area contributed by atoms with Crippen LogP contribution in [0, 0.1) is 0 Å². The van der Waals surface area contributed by atoms with Gasteiger partial charge in [-0.05, 0) is 6.92 Å². The summed E-state index contributed by atoms with van der Waals surface area (Å²) < 4.78 is 4.87. The number of aromatic nitrogens is 2. The van der Waals surface area contributed by atoms with Crippen molar-refractivity contribution in [3.63, 3.8) is 0 Å². The smallest absolute Gasteiger partial charge is 0.326 e. The van der Waals surface area contributed by atoms with Crippen LogP contribution in [0.5, 0.6) is 0 Å².